The molecule has 4 nitrogen and oxygen atoms in total. The van der Waals surface area contributed by atoms with Crippen molar-refractivity contribution in [2.45, 2.75) is 32.9 Å². The van der Waals surface area contributed by atoms with E-state index in [1.807, 2.05) is 18.2 Å². The Labute approximate surface area is 143 Å². The van der Waals surface area contributed by atoms with E-state index in [1.54, 1.807) is 24.3 Å². The number of hydrogen-bond donors (Lipinski definition) is 1. The summed E-state index contributed by atoms with van der Waals surface area (Å²) in [6.07, 6.45) is 0.436. The van der Waals surface area contributed by atoms with Gasteiger partial charge in [0.2, 0.25) is 5.91 Å². The third kappa shape index (κ3) is 5.53. The first-order chi connectivity index (χ1) is 11.6. The topological polar surface area (TPSA) is 56.1 Å². The van der Waals surface area contributed by atoms with Crippen molar-refractivity contribution in [3.05, 3.63) is 65.7 Å². The van der Waals surface area contributed by atoms with E-state index >= 15 is 0 Å². The summed E-state index contributed by atoms with van der Waals surface area (Å²) in [6.45, 7) is 5.82. The van der Waals surface area contributed by atoms with Crippen LogP contribution in [0.5, 0.6) is 0 Å². The van der Waals surface area contributed by atoms with Crippen molar-refractivity contribution in [2.24, 2.45) is 0 Å². The summed E-state index contributed by atoms with van der Waals surface area (Å²) in [7, 11) is 0. The van der Waals surface area contributed by atoms with E-state index in [0.717, 1.165) is 12.2 Å². The first-order valence-corrected chi connectivity index (χ1v) is 8.16. The number of hydrogen-bond acceptors (Lipinski definition) is 3. The highest BCUT2D eigenvalue weighted by molar-refractivity contribution is 5.90. The zero-order valence-electron chi connectivity index (χ0n) is 14.2. The van der Waals surface area contributed by atoms with E-state index in [4.69, 9.17) is 5.26 Å². The van der Waals surface area contributed by atoms with Gasteiger partial charge < -0.3 is 5.32 Å². The molecule has 0 radical (unpaired) electrons. The van der Waals surface area contributed by atoms with Crippen LogP contribution in [0.3, 0.4) is 0 Å². The molecular formula is C20H23N3O. The summed E-state index contributed by atoms with van der Waals surface area (Å²) in [5.41, 5.74) is 2.55. The van der Waals surface area contributed by atoms with Gasteiger partial charge in [0.1, 0.15) is 0 Å². The summed E-state index contributed by atoms with van der Waals surface area (Å²) < 4.78 is 0. The van der Waals surface area contributed by atoms with Crippen LogP contribution >= 0.6 is 0 Å². The molecule has 124 valence electrons. The quantitative estimate of drug-likeness (QED) is 0.844. The molecule has 0 bridgehead atoms. The van der Waals surface area contributed by atoms with Crippen molar-refractivity contribution in [1.29, 1.82) is 5.26 Å². The average Bonchev–Trinajstić information content (AvgIpc) is 2.60. The Hall–Kier alpha value is -2.64. The van der Waals surface area contributed by atoms with Crippen molar-refractivity contribution in [3.63, 3.8) is 0 Å². The van der Waals surface area contributed by atoms with Crippen molar-refractivity contribution >= 4 is 11.6 Å². The molecule has 0 saturated heterocycles. The molecule has 0 fully saturated rings. The fourth-order valence-corrected chi connectivity index (χ4v) is 2.43. The van der Waals surface area contributed by atoms with Gasteiger partial charge >= 0.3 is 0 Å². The normalized spacial score (nSPS) is 10.6. The summed E-state index contributed by atoms with van der Waals surface area (Å²) in [6, 6.07) is 19.6. The van der Waals surface area contributed by atoms with Crippen LogP contribution in [0.15, 0.2) is 54.6 Å². The Bertz CT molecular complexity index is 687. The predicted molar refractivity (Wildman–Crippen MR) is 96.4 cm³/mol. The summed E-state index contributed by atoms with van der Waals surface area (Å²) in [4.78, 5) is 14.4. The average molecular weight is 321 g/mol. The number of amides is 1. The molecule has 2 rings (SSSR count). The summed E-state index contributed by atoms with van der Waals surface area (Å²) >= 11 is 0. The molecule has 0 saturated carbocycles. The maximum atomic E-state index is 12.1. The second-order valence-corrected chi connectivity index (χ2v) is 6.04. The molecule has 0 atom stereocenters. The molecule has 24 heavy (non-hydrogen) atoms. The van der Waals surface area contributed by atoms with Crippen molar-refractivity contribution in [1.82, 2.24) is 4.90 Å². The largest absolute Gasteiger partial charge is 0.326 e. The first kappa shape index (κ1) is 17.7. The van der Waals surface area contributed by atoms with E-state index in [9.17, 15) is 4.79 Å². The number of carbonyl (C=O) groups excluding carboxylic acids is 1. The minimum absolute atomic E-state index is 0.0154. The second kappa shape index (κ2) is 8.85. The van der Waals surface area contributed by atoms with Crippen LogP contribution < -0.4 is 5.32 Å². The molecule has 0 aliphatic heterocycles. The molecule has 2 aromatic rings. The molecule has 1 N–H and O–H groups in total. The lowest BCUT2D eigenvalue weighted by Crippen LogP contribution is -2.33. The lowest BCUT2D eigenvalue weighted by atomic mass is 10.1. The van der Waals surface area contributed by atoms with Crippen LogP contribution in [0, 0.1) is 11.3 Å². The van der Waals surface area contributed by atoms with Gasteiger partial charge in [0.15, 0.2) is 0 Å². The zero-order valence-corrected chi connectivity index (χ0v) is 14.2. The molecule has 0 heterocycles. The minimum Gasteiger partial charge on any atom is -0.326 e. The van der Waals surface area contributed by atoms with Crippen molar-refractivity contribution in [3.8, 4) is 6.07 Å². The van der Waals surface area contributed by atoms with Gasteiger partial charge in [-0.15, -0.1) is 0 Å². The number of nitriles is 1. The van der Waals surface area contributed by atoms with Crippen molar-refractivity contribution < 1.29 is 4.79 Å². The third-order valence-corrected chi connectivity index (χ3v) is 3.88. The maximum absolute atomic E-state index is 12.1. The van der Waals surface area contributed by atoms with Crippen LogP contribution in [0.2, 0.25) is 0 Å². The van der Waals surface area contributed by atoms with E-state index in [-0.39, 0.29) is 5.91 Å². The molecule has 4 heteroatoms. The van der Waals surface area contributed by atoms with Crippen LogP contribution in [0.1, 0.15) is 31.4 Å². The van der Waals surface area contributed by atoms with Gasteiger partial charge in [-0.25, -0.2) is 0 Å². The Balaban J connectivity index is 1.86. The van der Waals surface area contributed by atoms with E-state index in [2.05, 4.69) is 42.3 Å². The monoisotopic (exact) mass is 321 g/mol. The van der Waals surface area contributed by atoms with Gasteiger partial charge in [0.25, 0.3) is 0 Å². The molecular weight excluding hydrogens is 298 g/mol. The van der Waals surface area contributed by atoms with Gasteiger partial charge in [-0.05, 0) is 43.7 Å². The number of nitrogens with zero attached hydrogens (tertiary/aromatic N) is 2. The maximum Gasteiger partial charge on any atom is 0.225 e. The SMILES string of the molecule is CC(C)N(CCC(=O)Nc1ccc(C#N)cc1)Cc1ccccc1. The zero-order chi connectivity index (χ0) is 17.4. The Morgan fingerprint density at radius 2 is 1.79 bits per heavy atom. The highest BCUT2D eigenvalue weighted by Crippen LogP contribution is 2.11. The standard InChI is InChI=1S/C20H23N3O/c1-16(2)23(15-18-6-4-3-5-7-18)13-12-20(24)22-19-10-8-17(14-21)9-11-19/h3-11,16H,12-13,15H2,1-2H3,(H,22,24). The second-order valence-electron chi connectivity index (χ2n) is 6.04. The van der Waals surface area contributed by atoms with Crippen molar-refractivity contribution in [2.75, 3.05) is 11.9 Å². The number of anilines is 1. The number of carbonyl (C=O) groups is 1. The Kier molecular flexibility index (Phi) is 6.53. The Morgan fingerprint density at radius 3 is 2.38 bits per heavy atom. The molecule has 0 spiro atoms. The third-order valence-electron chi connectivity index (χ3n) is 3.88. The van der Waals surface area contributed by atoms with E-state index in [1.165, 1.54) is 5.56 Å². The number of rotatable bonds is 7. The molecule has 0 aliphatic rings. The molecule has 1 amide bonds. The summed E-state index contributed by atoms with van der Waals surface area (Å²) in [5.74, 6) is -0.0154. The van der Waals surface area contributed by atoms with Gasteiger partial charge in [0.05, 0.1) is 11.6 Å². The van der Waals surface area contributed by atoms with Crippen LogP contribution in [-0.4, -0.2) is 23.4 Å². The van der Waals surface area contributed by atoms with Crippen LogP contribution in [-0.2, 0) is 11.3 Å². The Morgan fingerprint density at radius 1 is 1.12 bits per heavy atom. The fourth-order valence-electron chi connectivity index (χ4n) is 2.43. The minimum atomic E-state index is -0.0154. The van der Waals surface area contributed by atoms with Crippen LogP contribution in [0.25, 0.3) is 0 Å². The highest BCUT2D eigenvalue weighted by atomic mass is 16.1. The smallest absolute Gasteiger partial charge is 0.225 e. The lowest BCUT2D eigenvalue weighted by molar-refractivity contribution is -0.116. The molecule has 0 aromatic heterocycles. The highest BCUT2D eigenvalue weighted by Gasteiger charge is 2.12. The molecule has 0 aliphatic carbocycles. The lowest BCUT2D eigenvalue weighted by Gasteiger charge is -2.26. The molecule has 0 unspecified atom stereocenters. The number of nitrogens with one attached hydrogen (secondary N) is 1. The van der Waals surface area contributed by atoms with Crippen LogP contribution in [0.4, 0.5) is 5.69 Å². The number of benzene rings is 2. The van der Waals surface area contributed by atoms with Gasteiger partial charge in [-0.1, -0.05) is 30.3 Å². The van der Waals surface area contributed by atoms with Gasteiger partial charge in [-0.3, -0.25) is 9.69 Å². The van der Waals surface area contributed by atoms with Gasteiger partial charge in [0, 0.05) is 31.2 Å². The van der Waals surface area contributed by atoms with E-state index in [0.29, 0.717) is 24.6 Å². The van der Waals surface area contributed by atoms with Gasteiger partial charge in [-0.2, -0.15) is 5.26 Å². The first-order valence-electron chi connectivity index (χ1n) is 8.16. The summed E-state index contributed by atoms with van der Waals surface area (Å²) in [5, 5.41) is 11.7. The fraction of sp³-hybridized carbons (Fsp3) is 0.300. The van der Waals surface area contributed by atoms with E-state index < -0.39 is 0 Å². The predicted octanol–water partition coefficient (Wildman–Crippen LogP) is 3.80. The molecule has 2 aromatic carbocycles.